The van der Waals surface area contributed by atoms with Crippen LogP contribution in [0.25, 0.3) is 28.5 Å². The van der Waals surface area contributed by atoms with Crippen molar-refractivity contribution in [1.29, 1.82) is 0 Å². The van der Waals surface area contributed by atoms with E-state index in [0.29, 0.717) is 0 Å². The SMILES string of the molecule is C=Cc1ccc(-c2ncccc2-c2ccc3c(c2)N=N3)cc1C. The van der Waals surface area contributed by atoms with Crippen LogP contribution in [0.2, 0.25) is 0 Å². The first kappa shape index (κ1) is 13.6. The molecule has 0 bridgehead atoms. The molecule has 0 spiro atoms. The number of pyridine rings is 1. The summed E-state index contributed by atoms with van der Waals surface area (Å²) in [4.78, 5) is 4.61. The van der Waals surface area contributed by atoms with E-state index in [9.17, 15) is 0 Å². The average Bonchev–Trinajstić information content (AvgIpc) is 2.56. The summed E-state index contributed by atoms with van der Waals surface area (Å²) < 4.78 is 0. The number of rotatable bonds is 3. The number of azo groups is 1. The summed E-state index contributed by atoms with van der Waals surface area (Å²) in [6.07, 6.45) is 3.71. The molecule has 0 saturated carbocycles. The van der Waals surface area contributed by atoms with Crippen LogP contribution in [0.3, 0.4) is 0 Å². The summed E-state index contributed by atoms with van der Waals surface area (Å²) >= 11 is 0. The minimum Gasteiger partial charge on any atom is -0.256 e. The van der Waals surface area contributed by atoms with E-state index in [1.54, 1.807) is 0 Å². The van der Waals surface area contributed by atoms with Crippen molar-refractivity contribution in [3.63, 3.8) is 0 Å². The Labute approximate surface area is 135 Å². The highest BCUT2D eigenvalue weighted by Crippen LogP contribution is 2.41. The number of nitrogens with zero attached hydrogens (tertiary/aromatic N) is 3. The van der Waals surface area contributed by atoms with Crippen molar-refractivity contribution in [2.75, 3.05) is 0 Å². The zero-order valence-electron chi connectivity index (χ0n) is 12.8. The minimum absolute atomic E-state index is 0.940. The number of aryl methyl sites for hydroxylation is 1. The molecule has 4 rings (SSSR count). The molecule has 0 amide bonds. The van der Waals surface area contributed by atoms with Gasteiger partial charge >= 0.3 is 0 Å². The second-order valence-corrected chi connectivity index (χ2v) is 5.58. The van der Waals surface area contributed by atoms with Gasteiger partial charge in [0.2, 0.25) is 0 Å². The fourth-order valence-corrected chi connectivity index (χ4v) is 2.84. The monoisotopic (exact) mass is 297 g/mol. The van der Waals surface area contributed by atoms with Crippen LogP contribution in [-0.2, 0) is 0 Å². The quantitative estimate of drug-likeness (QED) is 0.450. The highest BCUT2D eigenvalue weighted by molar-refractivity contribution is 5.84. The van der Waals surface area contributed by atoms with Gasteiger partial charge in [0.05, 0.1) is 5.69 Å². The molecule has 3 aromatic rings. The summed E-state index contributed by atoms with van der Waals surface area (Å²) in [6, 6.07) is 16.5. The van der Waals surface area contributed by atoms with Gasteiger partial charge in [-0.1, -0.05) is 36.9 Å². The van der Waals surface area contributed by atoms with E-state index in [1.807, 2.05) is 24.4 Å². The molecule has 0 fully saturated rings. The number of fused-ring (bicyclic) bond motifs is 1. The highest BCUT2D eigenvalue weighted by atomic mass is 15.2. The number of hydrogen-bond donors (Lipinski definition) is 0. The lowest BCUT2D eigenvalue weighted by molar-refractivity contribution is 1.14. The second-order valence-electron chi connectivity index (χ2n) is 5.58. The zero-order valence-corrected chi connectivity index (χ0v) is 12.8. The van der Waals surface area contributed by atoms with Gasteiger partial charge in [0.25, 0.3) is 0 Å². The molecule has 0 saturated heterocycles. The number of benzene rings is 2. The Hall–Kier alpha value is -3.07. The molecule has 3 heteroatoms. The molecular weight excluding hydrogens is 282 g/mol. The third kappa shape index (κ3) is 2.27. The van der Waals surface area contributed by atoms with Crippen molar-refractivity contribution in [2.45, 2.75) is 6.92 Å². The standard InChI is InChI=1S/C20H15N3/c1-3-14-6-7-16(11-13(14)2)20-17(5-4-10-21-20)15-8-9-18-19(12-15)23-22-18/h3-12H,1H2,2H3. The van der Waals surface area contributed by atoms with Crippen LogP contribution < -0.4 is 0 Å². The molecule has 2 aromatic carbocycles. The third-order valence-electron chi connectivity index (χ3n) is 4.12. The first-order chi connectivity index (χ1) is 11.3. The summed E-state index contributed by atoms with van der Waals surface area (Å²) in [7, 11) is 0. The summed E-state index contributed by atoms with van der Waals surface area (Å²) in [5.74, 6) is 0. The predicted octanol–water partition coefficient (Wildman–Crippen LogP) is 6.10. The molecule has 2 heterocycles. The summed E-state index contributed by atoms with van der Waals surface area (Å²) in [5.41, 5.74) is 8.52. The topological polar surface area (TPSA) is 37.6 Å². The Morgan fingerprint density at radius 3 is 2.43 bits per heavy atom. The predicted molar refractivity (Wildman–Crippen MR) is 94.1 cm³/mol. The van der Waals surface area contributed by atoms with E-state index < -0.39 is 0 Å². The maximum Gasteiger partial charge on any atom is 0.114 e. The van der Waals surface area contributed by atoms with Crippen molar-refractivity contribution < 1.29 is 0 Å². The van der Waals surface area contributed by atoms with E-state index >= 15 is 0 Å². The Kier molecular flexibility index (Phi) is 3.12. The van der Waals surface area contributed by atoms with E-state index in [4.69, 9.17) is 0 Å². The van der Waals surface area contributed by atoms with E-state index in [-0.39, 0.29) is 0 Å². The van der Waals surface area contributed by atoms with Gasteiger partial charge in [-0.05, 0) is 47.9 Å². The lowest BCUT2D eigenvalue weighted by Gasteiger charge is -2.13. The largest absolute Gasteiger partial charge is 0.256 e. The van der Waals surface area contributed by atoms with Gasteiger partial charge in [0, 0.05) is 17.3 Å². The molecule has 0 radical (unpaired) electrons. The van der Waals surface area contributed by atoms with Gasteiger partial charge in [-0.3, -0.25) is 4.98 Å². The smallest absolute Gasteiger partial charge is 0.114 e. The van der Waals surface area contributed by atoms with Gasteiger partial charge in [-0.15, -0.1) is 10.2 Å². The maximum atomic E-state index is 4.61. The number of hydrogen-bond acceptors (Lipinski definition) is 3. The first-order valence-corrected chi connectivity index (χ1v) is 7.51. The molecule has 0 atom stereocenters. The molecule has 23 heavy (non-hydrogen) atoms. The minimum atomic E-state index is 0.940. The van der Waals surface area contributed by atoms with Crippen LogP contribution in [0, 0.1) is 6.92 Å². The fraction of sp³-hybridized carbons (Fsp3) is 0.0500. The molecule has 1 aliphatic rings. The lowest BCUT2D eigenvalue weighted by Crippen LogP contribution is -1.91. The third-order valence-corrected chi connectivity index (χ3v) is 4.12. The molecule has 1 aromatic heterocycles. The molecular formula is C20H15N3. The van der Waals surface area contributed by atoms with Gasteiger partial charge in [0.1, 0.15) is 11.4 Å². The van der Waals surface area contributed by atoms with Crippen molar-refractivity contribution >= 4 is 17.5 Å². The lowest BCUT2D eigenvalue weighted by atomic mass is 9.96. The normalized spacial score (nSPS) is 11.7. The maximum absolute atomic E-state index is 4.61. The second kappa shape index (κ2) is 5.29. The van der Waals surface area contributed by atoms with Crippen LogP contribution in [0.5, 0.6) is 0 Å². The van der Waals surface area contributed by atoms with Crippen LogP contribution in [0.1, 0.15) is 11.1 Å². The van der Waals surface area contributed by atoms with Gasteiger partial charge < -0.3 is 0 Å². The molecule has 1 aliphatic heterocycles. The zero-order chi connectivity index (χ0) is 15.8. The fourth-order valence-electron chi connectivity index (χ4n) is 2.84. The highest BCUT2D eigenvalue weighted by Gasteiger charge is 2.14. The van der Waals surface area contributed by atoms with E-state index in [2.05, 4.69) is 65.1 Å². The van der Waals surface area contributed by atoms with E-state index in [1.165, 1.54) is 5.56 Å². The van der Waals surface area contributed by atoms with Gasteiger partial charge in [-0.25, -0.2) is 0 Å². The van der Waals surface area contributed by atoms with Crippen LogP contribution in [0.15, 0.2) is 71.5 Å². The molecule has 0 aliphatic carbocycles. The molecule has 3 nitrogen and oxygen atoms in total. The Balaban J connectivity index is 1.85. The van der Waals surface area contributed by atoms with Crippen molar-refractivity contribution in [1.82, 2.24) is 4.98 Å². The average molecular weight is 297 g/mol. The van der Waals surface area contributed by atoms with Gasteiger partial charge in [0.15, 0.2) is 0 Å². The first-order valence-electron chi connectivity index (χ1n) is 7.51. The Morgan fingerprint density at radius 1 is 0.913 bits per heavy atom. The molecule has 0 N–H and O–H groups in total. The Bertz CT molecular complexity index is 955. The van der Waals surface area contributed by atoms with Gasteiger partial charge in [-0.2, -0.15) is 0 Å². The Morgan fingerprint density at radius 2 is 1.74 bits per heavy atom. The van der Waals surface area contributed by atoms with Crippen molar-refractivity contribution in [3.8, 4) is 22.4 Å². The van der Waals surface area contributed by atoms with Crippen molar-refractivity contribution in [2.24, 2.45) is 10.2 Å². The van der Waals surface area contributed by atoms with Crippen molar-refractivity contribution in [3.05, 3.63) is 72.4 Å². The molecule has 110 valence electrons. The van der Waals surface area contributed by atoms with Crippen LogP contribution in [0.4, 0.5) is 11.4 Å². The van der Waals surface area contributed by atoms with Crippen LogP contribution in [-0.4, -0.2) is 4.98 Å². The van der Waals surface area contributed by atoms with E-state index in [0.717, 1.165) is 39.3 Å². The molecule has 0 unspecified atom stereocenters. The summed E-state index contributed by atoms with van der Waals surface area (Å²) in [5, 5.41) is 8.03. The van der Waals surface area contributed by atoms with Crippen LogP contribution >= 0.6 is 0 Å². The number of aromatic nitrogens is 1. The summed E-state index contributed by atoms with van der Waals surface area (Å²) in [6.45, 7) is 5.94.